The molecule has 0 heterocycles. The molecular weight excluding hydrogens is 256 g/mol. The van der Waals surface area contributed by atoms with Crippen molar-refractivity contribution in [3.05, 3.63) is 59.8 Å². The lowest BCUT2D eigenvalue weighted by molar-refractivity contribution is -0.142. The number of allylic oxidation sites excluding steroid dienone is 1. The van der Waals surface area contributed by atoms with Gasteiger partial charge in [-0.3, -0.25) is 4.79 Å². The second-order valence-electron chi connectivity index (χ2n) is 4.22. The monoisotopic (exact) mass is 274 g/mol. The summed E-state index contributed by atoms with van der Waals surface area (Å²) < 4.78 is 0. The zero-order valence-corrected chi connectivity index (χ0v) is 11.6. The van der Waals surface area contributed by atoms with E-state index in [2.05, 4.69) is 22.2 Å². The van der Waals surface area contributed by atoms with Crippen molar-refractivity contribution in [2.24, 2.45) is 0 Å². The topological polar surface area (TPSA) is 67.4 Å². The van der Waals surface area contributed by atoms with Crippen molar-refractivity contribution in [2.75, 3.05) is 6.54 Å². The first-order valence-corrected chi connectivity index (χ1v) is 6.14. The maximum absolute atomic E-state index is 11.7. The van der Waals surface area contributed by atoms with Gasteiger partial charge in [-0.05, 0) is 26.0 Å². The minimum absolute atomic E-state index is 0.425. The number of carbonyl (C=O) groups is 2. The van der Waals surface area contributed by atoms with Gasteiger partial charge >= 0.3 is 5.97 Å². The van der Waals surface area contributed by atoms with Gasteiger partial charge in [0.05, 0.1) is 0 Å². The summed E-state index contributed by atoms with van der Waals surface area (Å²) in [5, 5.41) is 2.92. The molecule has 20 heavy (non-hydrogen) atoms. The Labute approximate surface area is 118 Å². The average molecular weight is 274 g/mol. The van der Waals surface area contributed by atoms with Crippen LogP contribution in [0.25, 0.3) is 0 Å². The number of aryl methyl sites for hydroxylation is 1. The van der Waals surface area contributed by atoms with Crippen LogP contribution in [0.4, 0.5) is 0 Å². The summed E-state index contributed by atoms with van der Waals surface area (Å²) in [6.07, 6.45) is 2.92. The molecule has 0 aliphatic carbocycles. The number of hydroxylamine groups is 1. The molecule has 0 aromatic heterocycles. The van der Waals surface area contributed by atoms with Crippen molar-refractivity contribution < 1.29 is 14.4 Å². The third-order valence-electron chi connectivity index (χ3n) is 2.42. The predicted molar refractivity (Wildman–Crippen MR) is 76.7 cm³/mol. The minimum atomic E-state index is -0.653. The van der Waals surface area contributed by atoms with Gasteiger partial charge < -0.3 is 10.2 Å². The summed E-state index contributed by atoms with van der Waals surface area (Å²) in [6.45, 7) is 7.73. The molecule has 0 radical (unpaired) electrons. The highest BCUT2D eigenvalue weighted by molar-refractivity contribution is 5.94. The van der Waals surface area contributed by atoms with Crippen LogP contribution in [0.3, 0.4) is 0 Å². The van der Waals surface area contributed by atoms with Crippen molar-refractivity contribution in [1.82, 2.24) is 10.8 Å². The molecule has 0 atom stereocenters. The van der Waals surface area contributed by atoms with Crippen molar-refractivity contribution >= 4 is 11.9 Å². The van der Waals surface area contributed by atoms with Crippen LogP contribution >= 0.6 is 0 Å². The van der Waals surface area contributed by atoms with Gasteiger partial charge in [0, 0.05) is 23.9 Å². The maximum atomic E-state index is 11.7. The van der Waals surface area contributed by atoms with Crippen LogP contribution in [0.5, 0.6) is 0 Å². The van der Waals surface area contributed by atoms with E-state index in [0.29, 0.717) is 17.8 Å². The molecule has 0 aliphatic heterocycles. The SMILES string of the molecule is C=CCN/C(C)=C\C(=O)ONC(=O)c1ccc(C)cc1. The van der Waals surface area contributed by atoms with Gasteiger partial charge in [0.25, 0.3) is 5.91 Å². The van der Waals surface area contributed by atoms with E-state index in [1.54, 1.807) is 37.3 Å². The van der Waals surface area contributed by atoms with E-state index in [0.717, 1.165) is 5.56 Å². The molecule has 1 aromatic rings. The molecule has 5 nitrogen and oxygen atoms in total. The van der Waals surface area contributed by atoms with E-state index in [9.17, 15) is 9.59 Å². The lowest BCUT2D eigenvalue weighted by Gasteiger charge is -2.05. The van der Waals surface area contributed by atoms with E-state index in [-0.39, 0.29) is 0 Å². The first kappa shape index (κ1) is 15.5. The predicted octanol–water partition coefficient (Wildman–Crippen LogP) is 1.86. The highest BCUT2D eigenvalue weighted by Crippen LogP contribution is 2.02. The molecule has 0 saturated heterocycles. The quantitative estimate of drug-likeness (QED) is 0.488. The molecule has 0 bridgehead atoms. The van der Waals surface area contributed by atoms with Gasteiger partial charge in [-0.1, -0.05) is 23.8 Å². The third-order valence-corrected chi connectivity index (χ3v) is 2.42. The molecule has 0 saturated carbocycles. The molecule has 106 valence electrons. The number of carbonyl (C=O) groups excluding carboxylic acids is 2. The van der Waals surface area contributed by atoms with Crippen LogP contribution in [0.15, 0.2) is 48.7 Å². The maximum Gasteiger partial charge on any atom is 0.357 e. The lowest BCUT2D eigenvalue weighted by Crippen LogP contribution is -2.26. The number of hydrogen-bond donors (Lipinski definition) is 2. The van der Waals surface area contributed by atoms with Gasteiger partial charge in [-0.15, -0.1) is 6.58 Å². The summed E-state index contributed by atoms with van der Waals surface area (Å²) in [5.41, 5.74) is 4.19. The number of amides is 1. The number of rotatable bonds is 5. The summed E-state index contributed by atoms with van der Waals surface area (Å²) in [4.78, 5) is 27.8. The van der Waals surface area contributed by atoms with E-state index in [1.807, 2.05) is 6.92 Å². The smallest absolute Gasteiger partial charge is 0.357 e. The lowest BCUT2D eigenvalue weighted by atomic mass is 10.1. The molecule has 1 aromatic carbocycles. The third kappa shape index (κ3) is 5.39. The molecule has 0 unspecified atom stereocenters. The van der Waals surface area contributed by atoms with Crippen molar-refractivity contribution in [1.29, 1.82) is 0 Å². The Morgan fingerprint density at radius 3 is 2.55 bits per heavy atom. The van der Waals surface area contributed by atoms with Crippen molar-refractivity contribution in [3.8, 4) is 0 Å². The van der Waals surface area contributed by atoms with Gasteiger partial charge in [0.2, 0.25) is 0 Å². The summed E-state index contributed by atoms with van der Waals surface area (Å²) in [6, 6.07) is 6.93. The van der Waals surface area contributed by atoms with Crippen LogP contribution in [-0.2, 0) is 9.63 Å². The van der Waals surface area contributed by atoms with Crippen LogP contribution in [0.1, 0.15) is 22.8 Å². The van der Waals surface area contributed by atoms with Gasteiger partial charge in [0.15, 0.2) is 0 Å². The molecule has 1 amide bonds. The highest BCUT2D eigenvalue weighted by Gasteiger charge is 2.07. The van der Waals surface area contributed by atoms with Crippen LogP contribution < -0.4 is 10.8 Å². The van der Waals surface area contributed by atoms with E-state index in [1.165, 1.54) is 6.08 Å². The molecule has 0 fully saturated rings. The fraction of sp³-hybridized carbons (Fsp3) is 0.200. The summed E-state index contributed by atoms with van der Waals surface area (Å²) in [7, 11) is 0. The first-order chi connectivity index (χ1) is 9.52. The second-order valence-corrected chi connectivity index (χ2v) is 4.22. The standard InChI is InChI=1S/C15H18N2O3/c1-4-9-16-12(3)10-14(18)20-17-15(19)13-7-5-11(2)6-8-13/h4-8,10,16H,1,9H2,2-3H3,(H,17,19)/b12-10-. The Morgan fingerprint density at radius 2 is 1.95 bits per heavy atom. The van der Waals surface area contributed by atoms with Gasteiger partial charge in [-0.25, -0.2) is 4.79 Å². The number of nitrogens with one attached hydrogen (secondary N) is 2. The molecule has 0 spiro atoms. The normalized spacial score (nSPS) is 10.6. The summed E-state index contributed by atoms with van der Waals surface area (Å²) >= 11 is 0. The second kappa shape index (κ2) is 7.78. The van der Waals surface area contributed by atoms with Gasteiger partial charge in [-0.2, -0.15) is 5.48 Å². The minimum Gasteiger partial charge on any atom is -0.385 e. The Morgan fingerprint density at radius 1 is 1.30 bits per heavy atom. The number of hydrogen-bond acceptors (Lipinski definition) is 4. The zero-order valence-electron chi connectivity index (χ0n) is 11.6. The molecule has 2 N–H and O–H groups in total. The van der Waals surface area contributed by atoms with Gasteiger partial charge in [0.1, 0.15) is 0 Å². The van der Waals surface area contributed by atoms with E-state index in [4.69, 9.17) is 0 Å². The molecule has 1 rings (SSSR count). The fourth-order valence-electron chi connectivity index (χ4n) is 1.35. The zero-order chi connectivity index (χ0) is 15.0. The van der Waals surface area contributed by atoms with Crippen molar-refractivity contribution in [3.63, 3.8) is 0 Å². The van der Waals surface area contributed by atoms with Crippen molar-refractivity contribution in [2.45, 2.75) is 13.8 Å². The Bertz CT molecular complexity index is 518. The molecule has 0 aliphatic rings. The highest BCUT2D eigenvalue weighted by atomic mass is 16.7. The molecule has 5 heteroatoms. The van der Waals surface area contributed by atoms with Crippen LogP contribution in [0.2, 0.25) is 0 Å². The molecular formula is C15H18N2O3. The van der Waals surface area contributed by atoms with Crippen LogP contribution in [0, 0.1) is 6.92 Å². The van der Waals surface area contributed by atoms with E-state index >= 15 is 0 Å². The average Bonchev–Trinajstić information content (AvgIpc) is 2.43. The largest absolute Gasteiger partial charge is 0.385 e. The Kier molecular flexibility index (Phi) is 6.03. The summed E-state index contributed by atoms with van der Waals surface area (Å²) in [5.74, 6) is -1.12. The Balaban J connectivity index is 2.46. The Hall–Kier alpha value is -2.56. The number of benzene rings is 1. The first-order valence-electron chi connectivity index (χ1n) is 6.14. The van der Waals surface area contributed by atoms with E-state index < -0.39 is 11.9 Å². The van der Waals surface area contributed by atoms with Crippen LogP contribution in [-0.4, -0.2) is 18.4 Å². The fourth-order valence-corrected chi connectivity index (χ4v) is 1.35.